The normalized spacial score (nSPS) is 13.0. The molecule has 2 atom stereocenters. The molecule has 0 aliphatic rings. The van der Waals surface area contributed by atoms with E-state index in [0.29, 0.717) is 17.5 Å². The van der Waals surface area contributed by atoms with E-state index in [1.165, 1.54) is 0 Å². The van der Waals surface area contributed by atoms with Crippen LogP contribution in [-0.4, -0.2) is 40.5 Å². The van der Waals surface area contributed by atoms with Crippen LogP contribution in [0, 0.1) is 0 Å². The van der Waals surface area contributed by atoms with Crippen molar-refractivity contribution < 1.29 is 19.5 Å². The fourth-order valence-electron chi connectivity index (χ4n) is 2.83. The number of rotatable bonds is 10. The molecule has 5 nitrogen and oxygen atoms in total. The van der Waals surface area contributed by atoms with Gasteiger partial charge >= 0.3 is 5.97 Å². The van der Waals surface area contributed by atoms with Crippen molar-refractivity contribution in [1.29, 1.82) is 0 Å². The van der Waals surface area contributed by atoms with Crippen molar-refractivity contribution in [2.45, 2.75) is 31.8 Å². The summed E-state index contributed by atoms with van der Waals surface area (Å²) < 4.78 is 0. The van der Waals surface area contributed by atoms with Gasteiger partial charge in [-0.2, -0.15) is 12.6 Å². The number of carbonyl (C=O) groups excluding carboxylic acids is 2. The fourth-order valence-corrected chi connectivity index (χ4v) is 3.09. The predicted octanol–water partition coefficient (Wildman–Crippen LogP) is 3.25. The number of Topliss-reactive ketones (excluding diaryl/α,β-unsaturated/α-hetero) is 2. The van der Waals surface area contributed by atoms with Gasteiger partial charge in [0.2, 0.25) is 0 Å². The minimum absolute atomic E-state index is 0.0289. The molecule has 0 amide bonds. The van der Waals surface area contributed by atoms with Crippen molar-refractivity contribution in [3.8, 4) is 11.1 Å². The quantitative estimate of drug-likeness (QED) is 0.332. The molecule has 0 aromatic heterocycles. The molecule has 142 valence electrons. The van der Waals surface area contributed by atoms with Crippen LogP contribution in [0.1, 0.15) is 30.1 Å². The van der Waals surface area contributed by atoms with Crippen molar-refractivity contribution in [3.63, 3.8) is 0 Å². The van der Waals surface area contributed by atoms with Crippen LogP contribution < -0.4 is 5.32 Å². The Bertz CT molecular complexity index is 807. The molecule has 27 heavy (non-hydrogen) atoms. The summed E-state index contributed by atoms with van der Waals surface area (Å²) in [4.78, 5) is 37.2. The molecule has 0 saturated heterocycles. The number of hydrogen-bond acceptors (Lipinski definition) is 5. The number of carbonyl (C=O) groups is 3. The summed E-state index contributed by atoms with van der Waals surface area (Å²) in [7, 11) is 0. The van der Waals surface area contributed by atoms with E-state index in [-0.39, 0.29) is 18.0 Å². The third-order valence-corrected chi connectivity index (χ3v) is 4.57. The average Bonchev–Trinajstić information content (AvgIpc) is 2.69. The SMILES string of the molecule is CCCC(=O)C(NC(CS)C(=O)O)C(=O)c1ccccc1-c1ccccc1. The molecule has 2 aromatic rings. The van der Waals surface area contributed by atoms with Gasteiger partial charge in [0.05, 0.1) is 0 Å². The zero-order valence-corrected chi connectivity index (χ0v) is 16.0. The van der Waals surface area contributed by atoms with E-state index < -0.39 is 23.8 Å². The fraction of sp³-hybridized carbons (Fsp3) is 0.286. The number of nitrogens with one attached hydrogen (secondary N) is 1. The number of ketones is 2. The van der Waals surface area contributed by atoms with Gasteiger partial charge in [-0.1, -0.05) is 61.5 Å². The largest absolute Gasteiger partial charge is 0.480 e. The molecule has 0 aliphatic carbocycles. The van der Waals surface area contributed by atoms with Gasteiger partial charge < -0.3 is 5.11 Å². The summed E-state index contributed by atoms with van der Waals surface area (Å²) in [5.74, 6) is -1.93. The molecule has 6 heteroatoms. The first kappa shape index (κ1) is 20.9. The van der Waals surface area contributed by atoms with Crippen LogP contribution in [-0.2, 0) is 9.59 Å². The number of aliphatic carboxylic acids is 1. The van der Waals surface area contributed by atoms with Crippen LogP contribution in [0.15, 0.2) is 54.6 Å². The van der Waals surface area contributed by atoms with Crippen molar-refractivity contribution in [3.05, 3.63) is 60.2 Å². The molecule has 0 fully saturated rings. The molecule has 0 spiro atoms. The van der Waals surface area contributed by atoms with Crippen LogP contribution in [0.25, 0.3) is 11.1 Å². The second-order valence-electron chi connectivity index (χ2n) is 6.17. The predicted molar refractivity (Wildman–Crippen MR) is 108 cm³/mol. The first-order valence-corrected chi connectivity index (χ1v) is 9.43. The van der Waals surface area contributed by atoms with Crippen molar-refractivity contribution in [2.75, 3.05) is 5.75 Å². The number of hydrogen-bond donors (Lipinski definition) is 3. The van der Waals surface area contributed by atoms with Gasteiger partial charge in [0.15, 0.2) is 11.6 Å². The van der Waals surface area contributed by atoms with Crippen LogP contribution in [0.2, 0.25) is 0 Å². The molecule has 0 radical (unpaired) electrons. The highest BCUT2D eigenvalue weighted by atomic mass is 32.1. The Morgan fingerprint density at radius 1 is 1.04 bits per heavy atom. The summed E-state index contributed by atoms with van der Waals surface area (Å²) in [5.41, 5.74) is 1.94. The Labute approximate surface area is 164 Å². The molecule has 0 heterocycles. The van der Waals surface area contributed by atoms with E-state index in [1.807, 2.05) is 49.4 Å². The van der Waals surface area contributed by atoms with E-state index in [4.69, 9.17) is 0 Å². The highest BCUT2D eigenvalue weighted by Gasteiger charge is 2.32. The second kappa shape index (κ2) is 10.0. The average molecular weight is 385 g/mol. The summed E-state index contributed by atoms with van der Waals surface area (Å²) in [6.07, 6.45) is 0.763. The summed E-state index contributed by atoms with van der Waals surface area (Å²) in [6, 6.07) is 14.1. The van der Waals surface area contributed by atoms with Crippen molar-refractivity contribution >= 4 is 30.2 Å². The lowest BCUT2D eigenvalue weighted by Crippen LogP contribution is -2.52. The summed E-state index contributed by atoms with van der Waals surface area (Å²) in [6.45, 7) is 1.84. The lowest BCUT2D eigenvalue weighted by Gasteiger charge is -2.21. The Morgan fingerprint density at radius 3 is 2.26 bits per heavy atom. The summed E-state index contributed by atoms with van der Waals surface area (Å²) >= 11 is 4.02. The Hall–Kier alpha value is -2.44. The highest BCUT2D eigenvalue weighted by molar-refractivity contribution is 7.80. The lowest BCUT2D eigenvalue weighted by molar-refractivity contribution is -0.139. The number of carboxylic acids is 1. The Morgan fingerprint density at radius 2 is 1.67 bits per heavy atom. The maximum absolute atomic E-state index is 13.2. The van der Waals surface area contributed by atoms with Crippen molar-refractivity contribution in [1.82, 2.24) is 5.32 Å². The van der Waals surface area contributed by atoms with Gasteiger partial charge in [-0.05, 0) is 17.5 Å². The zero-order valence-electron chi connectivity index (χ0n) is 15.1. The third kappa shape index (κ3) is 5.28. The molecule has 0 saturated carbocycles. The van der Waals surface area contributed by atoms with Crippen LogP contribution in [0.3, 0.4) is 0 Å². The first-order chi connectivity index (χ1) is 13.0. The maximum Gasteiger partial charge on any atom is 0.321 e. The minimum Gasteiger partial charge on any atom is -0.480 e. The second-order valence-corrected chi connectivity index (χ2v) is 6.53. The van der Waals surface area contributed by atoms with Gasteiger partial charge in [-0.25, -0.2) is 0 Å². The van der Waals surface area contributed by atoms with Gasteiger partial charge in [-0.15, -0.1) is 0 Å². The van der Waals surface area contributed by atoms with Crippen LogP contribution >= 0.6 is 12.6 Å². The molecular formula is C21H23NO4S. The Balaban J connectivity index is 2.44. The van der Waals surface area contributed by atoms with Gasteiger partial charge in [0.25, 0.3) is 0 Å². The molecule has 0 bridgehead atoms. The number of benzene rings is 2. The van der Waals surface area contributed by atoms with E-state index in [9.17, 15) is 19.5 Å². The van der Waals surface area contributed by atoms with Gasteiger partial charge in [-0.3, -0.25) is 19.7 Å². The van der Waals surface area contributed by atoms with E-state index in [2.05, 4.69) is 17.9 Å². The minimum atomic E-state index is -1.22. The molecule has 2 aromatic carbocycles. The standard InChI is InChI=1S/C21H23NO4S/c1-2-8-18(23)19(22-17(13-27)21(25)26)20(24)16-12-7-6-11-15(16)14-9-4-3-5-10-14/h3-7,9-12,17,19,22,27H,2,8,13H2,1H3,(H,25,26). The van der Waals surface area contributed by atoms with Gasteiger partial charge in [0, 0.05) is 17.7 Å². The topological polar surface area (TPSA) is 83.5 Å². The van der Waals surface area contributed by atoms with Crippen LogP contribution in [0.5, 0.6) is 0 Å². The monoisotopic (exact) mass is 385 g/mol. The van der Waals surface area contributed by atoms with E-state index >= 15 is 0 Å². The molecule has 2 N–H and O–H groups in total. The van der Waals surface area contributed by atoms with Gasteiger partial charge in [0.1, 0.15) is 12.1 Å². The number of thiol groups is 1. The molecular weight excluding hydrogens is 362 g/mol. The zero-order chi connectivity index (χ0) is 19.8. The lowest BCUT2D eigenvalue weighted by atomic mass is 9.91. The Kier molecular flexibility index (Phi) is 7.76. The maximum atomic E-state index is 13.2. The highest BCUT2D eigenvalue weighted by Crippen LogP contribution is 2.25. The molecule has 0 aliphatic heterocycles. The van der Waals surface area contributed by atoms with Crippen LogP contribution in [0.4, 0.5) is 0 Å². The smallest absolute Gasteiger partial charge is 0.321 e. The van der Waals surface area contributed by atoms with E-state index in [0.717, 1.165) is 5.56 Å². The number of carboxylic acid groups (broad SMARTS) is 1. The van der Waals surface area contributed by atoms with Crippen molar-refractivity contribution in [2.24, 2.45) is 0 Å². The first-order valence-electron chi connectivity index (χ1n) is 8.80. The molecule has 2 rings (SSSR count). The summed E-state index contributed by atoms with van der Waals surface area (Å²) in [5, 5.41) is 12.0. The third-order valence-electron chi connectivity index (χ3n) is 4.21. The van der Waals surface area contributed by atoms with E-state index in [1.54, 1.807) is 12.1 Å². The molecule has 2 unspecified atom stereocenters.